The zero-order valence-electron chi connectivity index (χ0n) is 9.34. The molecule has 0 aliphatic heterocycles. The Labute approximate surface area is 94.6 Å². The molecular weight excluding hydrogens is 204 g/mol. The molecule has 0 fully saturated rings. The predicted molar refractivity (Wildman–Crippen MR) is 64.1 cm³/mol. The third-order valence-electron chi connectivity index (χ3n) is 1.79. The summed E-state index contributed by atoms with van der Waals surface area (Å²) >= 11 is 0. The third-order valence-corrected chi connectivity index (χ3v) is 1.79. The van der Waals surface area contributed by atoms with Gasteiger partial charge in [-0.15, -0.1) is 0 Å². The summed E-state index contributed by atoms with van der Waals surface area (Å²) in [5, 5.41) is 2.97. The first-order chi connectivity index (χ1) is 7.80. The predicted octanol–water partition coefficient (Wildman–Crippen LogP) is 1.98. The molecule has 16 heavy (non-hydrogen) atoms. The van der Waals surface area contributed by atoms with Crippen LogP contribution in [0.1, 0.15) is 6.92 Å². The highest BCUT2D eigenvalue weighted by molar-refractivity contribution is 5.43. The van der Waals surface area contributed by atoms with Crippen LogP contribution in [0.5, 0.6) is 0 Å². The lowest BCUT2D eigenvalue weighted by molar-refractivity contribution is 0.305. The maximum atomic E-state index is 5.09. The molecule has 5 nitrogen and oxygen atoms in total. The number of ether oxygens (including phenoxy) is 1. The molecule has 0 saturated heterocycles. The van der Waals surface area contributed by atoms with Crippen molar-refractivity contribution in [3.8, 4) is 0 Å². The Morgan fingerprint density at radius 3 is 2.88 bits per heavy atom. The van der Waals surface area contributed by atoms with Crippen molar-refractivity contribution in [2.24, 2.45) is 4.99 Å². The summed E-state index contributed by atoms with van der Waals surface area (Å²) < 4.78 is 5.09. The Kier molecular flexibility index (Phi) is 4.72. The van der Waals surface area contributed by atoms with E-state index in [9.17, 15) is 0 Å². The van der Waals surface area contributed by atoms with Crippen LogP contribution in [0.25, 0.3) is 0 Å². The molecule has 84 valence electrons. The second-order valence-corrected chi connectivity index (χ2v) is 2.80. The van der Waals surface area contributed by atoms with E-state index in [0.29, 0.717) is 17.4 Å². The van der Waals surface area contributed by atoms with Gasteiger partial charge >= 0.3 is 0 Å². The van der Waals surface area contributed by atoms with Crippen molar-refractivity contribution < 1.29 is 4.74 Å². The van der Waals surface area contributed by atoms with Gasteiger partial charge in [-0.3, -0.25) is 4.98 Å². The standard InChI is InChI=1S/C11H14N4O/c1-4-9(16-3)7-10(12-2)15-11-8-13-5-6-14-11/h4-8H,2H2,1,3H3,(H,14,15)/b9-4+,10-7+. The minimum absolute atomic E-state index is 0.551. The number of aromatic nitrogens is 2. The summed E-state index contributed by atoms with van der Waals surface area (Å²) in [6.45, 7) is 5.34. The molecule has 1 aromatic heterocycles. The number of hydrogen-bond acceptors (Lipinski definition) is 5. The van der Waals surface area contributed by atoms with Crippen molar-refractivity contribution in [2.45, 2.75) is 6.92 Å². The van der Waals surface area contributed by atoms with E-state index in [1.165, 1.54) is 0 Å². The van der Waals surface area contributed by atoms with Crippen molar-refractivity contribution in [3.05, 3.63) is 42.3 Å². The van der Waals surface area contributed by atoms with Gasteiger partial charge in [0.2, 0.25) is 0 Å². The summed E-state index contributed by atoms with van der Waals surface area (Å²) in [6.07, 6.45) is 8.34. The van der Waals surface area contributed by atoms with E-state index in [0.717, 1.165) is 0 Å². The normalized spacial score (nSPS) is 12.1. The molecule has 0 aliphatic rings. The minimum atomic E-state index is 0.551. The Morgan fingerprint density at radius 1 is 1.56 bits per heavy atom. The van der Waals surface area contributed by atoms with Crippen LogP contribution in [-0.2, 0) is 4.74 Å². The fourth-order valence-electron chi connectivity index (χ4n) is 1.01. The van der Waals surface area contributed by atoms with Gasteiger partial charge in [0.25, 0.3) is 0 Å². The quantitative estimate of drug-likeness (QED) is 0.466. The molecule has 0 spiro atoms. The molecule has 1 N–H and O–H groups in total. The summed E-state index contributed by atoms with van der Waals surface area (Å²) in [7, 11) is 1.59. The van der Waals surface area contributed by atoms with Crippen molar-refractivity contribution >= 4 is 12.5 Å². The number of nitrogens with zero attached hydrogens (tertiary/aromatic N) is 3. The molecule has 0 radical (unpaired) electrons. The Bertz CT molecular complexity index is 398. The fourth-order valence-corrected chi connectivity index (χ4v) is 1.01. The largest absolute Gasteiger partial charge is 0.497 e. The maximum Gasteiger partial charge on any atom is 0.150 e. The monoisotopic (exact) mass is 218 g/mol. The van der Waals surface area contributed by atoms with Gasteiger partial charge in [0.05, 0.1) is 13.3 Å². The number of nitrogens with one attached hydrogen (secondary N) is 1. The summed E-state index contributed by atoms with van der Waals surface area (Å²) in [5.74, 6) is 1.85. The van der Waals surface area contributed by atoms with E-state index in [1.807, 2.05) is 13.0 Å². The molecule has 0 aromatic carbocycles. The van der Waals surface area contributed by atoms with Crippen LogP contribution in [0, 0.1) is 0 Å². The Morgan fingerprint density at radius 2 is 2.38 bits per heavy atom. The number of rotatable bonds is 5. The van der Waals surface area contributed by atoms with Gasteiger partial charge in [-0.2, -0.15) is 0 Å². The lowest BCUT2D eigenvalue weighted by Gasteiger charge is -2.05. The fraction of sp³-hybridized carbons (Fsp3) is 0.182. The average Bonchev–Trinajstić information content (AvgIpc) is 2.35. The van der Waals surface area contributed by atoms with Gasteiger partial charge < -0.3 is 10.1 Å². The number of aliphatic imine (C=N–C) groups is 1. The molecule has 0 bridgehead atoms. The highest BCUT2D eigenvalue weighted by Crippen LogP contribution is 2.08. The van der Waals surface area contributed by atoms with Crippen molar-refractivity contribution in [3.63, 3.8) is 0 Å². The van der Waals surface area contributed by atoms with Gasteiger partial charge in [-0.05, 0) is 19.7 Å². The number of hydrogen-bond donors (Lipinski definition) is 1. The van der Waals surface area contributed by atoms with Gasteiger partial charge in [-0.1, -0.05) is 0 Å². The molecule has 0 unspecified atom stereocenters. The first-order valence-electron chi connectivity index (χ1n) is 4.72. The zero-order chi connectivity index (χ0) is 11.8. The highest BCUT2D eigenvalue weighted by atomic mass is 16.5. The maximum absolute atomic E-state index is 5.09. The SMILES string of the molecule is C=N/C(=C\C(=C/C)OC)Nc1cnccn1. The van der Waals surface area contributed by atoms with E-state index >= 15 is 0 Å². The zero-order valence-corrected chi connectivity index (χ0v) is 9.34. The highest BCUT2D eigenvalue weighted by Gasteiger charge is 1.98. The number of anilines is 1. The second-order valence-electron chi connectivity index (χ2n) is 2.80. The van der Waals surface area contributed by atoms with Crippen LogP contribution in [0.2, 0.25) is 0 Å². The second kappa shape index (κ2) is 6.34. The molecule has 1 rings (SSSR count). The first-order valence-corrected chi connectivity index (χ1v) is 4.72. The van der Waals surface area contributed by atoms with Crippen molar-refractivity contribution in [2.75, 3.05) is 12.4 Å². The van der Waals surface area contributed by atoms with Gasteiger partial charge in [-0.25, -0.2) is 9.98 Å². The van der Waals surface area contributed by atoms with Crippen LogP contribution >= 0.6 is 0 Å². The smallest absolute Gasteiger partial charge is 0.150 e. The average molecular weight is 218 g/mol. The van der Waals surface area contributed by atoms with E-state index in [1.54, 1.807) is 31.8 Å². The molecule has 0 aliphatic carbocycles. The summed E-state index contributed by atoms with van der Waals surface area (Å²) in [6, 6.07) is 0. The topological polar surface area (TPSA) is 59.4 Å². The van der Waals surface area contributed by atoms with Crippen molar-refractivity contribution in [1.29, 1.82) is 0 Å². The molecule has 0 atom stereocenters. The van der Waals surface area contributed by atoms with E-state index in [2.05, 4.69) is 27.0 Å². The first kappa shape index (κ1) is 11.9. The lowest BCUT2D eigenvalue weighted by Crippen LogP contribution is -2.00. The van der Waals surface area contributed by atoms with Crippen LogP contribution < -0.4 is 5.32 Å². The summed E-state index contributed by atoms with van der Waals surface area (Å²) in [5.41, 5.74) is 0. The lowest BCUT2D eigenvalue weighted by atomic mass is 10.4. The van der Waals surface area contributed by atoms with Gasteiger partial charge in [0.1, 0.15) is 17.4 Å². The molecule has 0 saturated carbocycles. The van der Waals surface area contributed by atoms with Crippen LogP contribution in [-0.4, -0.2) is 23.8 Å². The van der Waals surface area contributed by atoms with Crippen molar-refractivity contribution in [1.82, 2.24) is 9.97 Å². The third kappa shape index (κ3) is 3.53. The molecule has 1 aromatic rings. The van der Waals surface area contributed by atoms with E-state index in [4.69, 9.17) is 4.74 Å². The molecule has 0 amide bonds. The van der Waals surface area contributed by atoms with Gasteiger partial charge in [0, 0.05) is 18.5 Å². The van der Waals surface area contributed by atoms with Crippen LogP contribution in [0.3, 0.4) is 0 Å². The number of methoxy groups -OCH3 is 1. The van der Waals surface area contributed by atoms with E-state index < -0.39 is 0 Å². The Hall–Kier alpha value is -2.17. The van der Waals surface area contributed by atoms with Crippen LogP contribution in [0.4, 0.5) is 5.82 Å². The Balaban J connectivity index is 2.80. The minimum Gasteiger partial charge on any atom is -0.497 e. The van der Waals surface area contributed by atoms with Gasteiger partial charge in [0.15, 0.2) is 0 Å². The van der Waals surface area contributed by atoms with Crippen LogP contribution in [0.15, 0.2) is 47.3 Å². The summed E-state index contributed by atoms with van der Waals surface area (Å²) in [4.78, 5) is 11.8. The molecule has 1 heterocycles. The van der Waals surface area contributed by atoms with E-state index in [-0.39, 0.29) is 0 Å². The molecule has 5 heteroatoms. The number of allylic oxidation sites excluding steroid dienone is 2. The molecular formula is C11H14N4O.